The van der Waals surface area contributed by atoms with Gasteiger partial charge in [-0.2, -0.15) is 0 Å². The molecule has 0 unspecified atom stereocenters. The van der Waals surface area contributed by atoms with Crippen LogP contribution in [-0.2, 0) is 4.74 Å². The van der Waals surface area contributed by atoms with Crippen molar-refractivity contribution in [2.24, 2.45) is 0 Å². The fourth-order valence-corrected chi connectivity index (χ4v) is 1.91. The molecular formula is C16H25NO. The molecule has 2 rings (SSSR count). The Morgan fingerprint density at radius 3 is 2.22 bits per heavy atom. The van der Waals surface area contributed by atoms with Gasteiger partial charge >= 0.3 is 0 Å². The zero-order valence-corrected chi connectivity index (χ0v) is 12.1. The van der Waals surface area contributed by atoms with Gasteiger partial charge < -0.3 is 9.64 Å². The van der Waals surface area contributed by atoms with Crippen LogP contribution in [-0.4, -0.2) is 31.2 Å². The first-order chi connectivity index (χ1) is 8.75. The SMILES string of the molecule is C/C(=C/c1ccc(C)cc1)N1CCOCC1.CC. The molecule has 1 aliphatic heterocycles. The summed E-state index contributed by atoms with van der Waals surface area (Å²) in [5, 5.41) is 0. The number of rotatable bonds is 2. The van der Waals surface area contributed by atoms with Crippen LogP contribution < -0.4 is 0 Å². The minimum atomic E-state index is 0.846. The molecule has 0 aliphatic carbocycles. The van der Waals surface area contributed by atoms with E-state index in [1.165, 1.54) is 16.8 Å². The van der Waals surface area contributed by atoms with E-state index in [0.29, 0.717) is 0 Å². The number of allylic oxidation sites excluding steroid dienone is 1. The summed E-state index contributed by atoms with van der Waals surface area (Å²) in [6.07, 6.45) is 2.24. The van der Waals surface area contributed by atoms with Crippen molar-refractivity contribution >= 4 is 6.08 Å². The molecule has 0 aromatic heterocycles. The molecule has 1 aromatic carbocycles. The predicted molar refractivity (Wildman–Crippen MR) is 78.6 cm³/mol. The number of morpholine rings is 1. The van der Waals surface area contributed by atoms with Crippen LogP contribution in [0.3, 0.4) is 0 Å². The van der Waals surface area contributed by atoms with Crippen molar-refractivity contribution in [1.82, 2.24) is 4.90 Å². The Balaban J connectivity index is 0.000000771. The van der Waals surface area contributed by atoms with Crippen LogP contribution in [0.15, 0.2) is 30.0 Å². The molecule has 1 saturated heterocycles. The van der Waals surface area contributed by atoms with Gasteiger partial charge in [-0.25, -0.2) is 0 Å². The predicted octanol–water partition coefficient (Wildman–Crippen LogP) is 3.71. The number of benzene rings is 1. The number of hydrogen-bond donors (Lipinski definition) is 0. The molecule has 0 radical (unpaired) electrons. The van der Waals surface area contributed by atoms with Gasteiger partial charge in [0.25, 0.3) is 0 Å². The minimum Gasteiger partial charge on any atom is -0.378 e. The van der Waals surface area contributed by atoms with Gasteiger partial charge in [-0.15, -0.1) is 0 Å². The van der Waals surface area contributed by atoms with Crippen molar-refractivity contribution in [3.05, 3.63) is 41.1 Å². The lowest BCUT2D eigenvalue weighted by molar-refractivity contribution is 0.0542. The van der Waals surface area contributed by atoms with Crippen LogP contribution in [0.5, 0.6) is 0 Å². The lowest BCUT2D eigenvalue weighted by Gasteiger charge is -2.29. The van der Waals surface area contributed by atoms with E-state index in [9.17, 15) is 0 Å². The van der Waals surface area contributed by atoms with Gasteiger partial charge in [0.1, 0.15) is 0 Å². The maximum atomic E-state index is 5.35. The molecule has 0 atom stereocenters. The zero-order valence-electron chi connectivity index (χ0n) is 12.1. The highest BCUT2D eigenvalue weighted by atomic mass is 16.5. The van der Waals surface area contributed by atoms with E-state index >= 15 is 0 Å². The van der Waals surface area contributed by atoms with E-state index in [-0.39, 0.29) is 0 Å². The monoisotopic (exact) mass is 247 g/mol. The van der Waals surface area contributed by atoms with Crippen molar-refractivity contribution in [2.45, 2.75) is 27.7 Å². The van der Waals surface area contributed by atoms with Gasteiger partial charge in [0, 0.05) is 18.8 Å². The summed E-state index contributed by atoms with van der Waals surface area (Å²) >= 11 is 0. The topological polar surface area (TPSA) is 12.5 Å². The van der Waals surface area contributed by atoms with Gasteiger partial charge in [0.05, 0.1) is 13.2 Å². The second-order valence-electron chi connectivity index (χ2n) is 4.30. The molecule has 0 N–H and O–H groups in total. The maximum Gasteiger partial charge on any atom is 0.0642 e. The van der Waals surface area contributed by atoms with Crippen molar-refractivity contribution in [3.8, 4) is 0 Å². The molecule has 0 spiro atoms. The number of aryl methyl sites for hydroxylation is 1. The zero-order chi connectivity index (χ0) is 13.4. The molecule has 2 nitrogen and oxygen atoms in total. The quantitative estimate of drug-likeness (QED) is 0.790. The van der Waals surface area contributed by atoms with Crippen LogP contribution in [0.25, 0.3) is 6.08 Å². The summed E-state index contributed by atoms with van der Waals surface area (Å²) in [7, 11) is 0. The third-order valence-corrected chi connectivity index (χ3v) is 2.96. The minimum absolute atomic E-state index is 0.846. The third-order valence-electron chi connectivity index (χ3n) is 2.96. The highest BCUT2D eigenvalue weighted by molar-refractivity contribution is 5.52. The van der Waals surface area contributed by atoms with E-state index < -0.39 is 0 Å². The molecule has 100 valence electrons. The molecule has 1 aliphatic rings. The highest BCUT2D eigenvalue weighted by Gasteiger charge is 2.09. The van der Waals surface area contributed by atoms with E-state index in [1.807, 2.05) is 13.8 Å². The number of hydrogen-bond acceptors (Lipinski definition) is 2. The van der Waals surface area contributed by atoms with Crippen LogP contribution in [0, 0.1) is 6.92 Å². The summed E-state index contributed by atoms with van der Waals surface area (Å²) in [5.74, 6) is 0. The molecule has 1 aromatic rings. The first kappa shape index (κ1) is 14.8. The molecule has 1 fully saturated rings. The summed E-state index contributed by atoms with van der Waals surface area (Å²) in [4.78, 5) is 2.38. The lowest BCUT2D eigenvalue weighted by Crippen LogP contribution is -2.34. The first-order valence-corrected chi connectivity index (χ1v) is 6.83. The molecule has 1 heterocycles. The van der Waals surface area contributed by atoms with Crippen molar-refractivity contribution < 1.29 is 4.74 Å². The molecule has 0 amide bonds. The van der Waals surface area contributed by atoms with E-state index in [0.717, 1.165) is 26.3 Å². The Hall–Kier alpha value is -1.28. The normalized spacial score (nSPS) is 16.0. The summed E-state index contributed by atoms with van der Waals surface area (Å²) in [5.41, 5.74) is 3.91. The largest absolute Gasteiger partial charge is 0.378 e. The average Bonchev–Trinajstić information content (AvgIpc) is 2.44. The second-order valence-corrected chi connectivity index (χ2v) is 4.30. The molecular weight excluding hydrogens is 222 g/mol. The fraction of sp³-hybridized carbons (Fsp3) is 0.500. The maximum absolute atomic E-state index is 5.35. The fourth-order valence-electron chi connectivity index (χ4n) is 1.91. The summed E-state index contributed by atoms with van der Waals surface area (Å²) in [6, 6.07) is 8.63. The van der Waals surface area contributed by atoms with Gasteiger partial charge in [-0.05, 0) is 25.5 Å². The van der Waals surface area contributed by atoms with Gasteiger partial charge in [-0.3, -0.25) is 0 Å². The van der Waals surface area contributed by atoms with Gasteiger partial charge in [-0.1, -0.05) is 43.7 Å². The Morgan fingerprint density at radius 2 is 1.67 bits per heavy atom. The standard InChI is InChI=1S/C14H19NO.C2H6/c1-12-3-5-14(6-4-12)11-13(2)15-7-9-16-10-8-15;1-2/h3-6,11H,7-10H2,1-2H3;1-2H3/b13-11-;. The highest BCUT2D eigenvalue weighted by Crippen LogP contribution is 2.12. The Labute approximate surface area is 111 Å². The first-order valence-electron chi connectivity index (χ1n) is 6.83. The lowest BCUT2D eigenvalue weighted by atomic mass is 10.1. The van der Waals surface area contributed by atoms with Crippen LogP contribution in [0.1, 0.15) is 31.9 Å². The number of ether oxygens (including phenoxy) is 1. The molecule has 2 heteroatoms. The molecule has 0 bridgehead atoms. The Bertz CT molecular complexity index is 361. The van der Waals surface area contributed by atoms with Crippen LogP contribution in [0.2, 0.25) is 0 Å². The van der Waals surface area contributed by atoms with Crippen molar-refractivity contribution in [3.63, 3.8) is 0 Å². The summed E-state index contributed by atoms with van der Waals surface area (Å²) < 4.78 is 5.35. The van der Waals surface area contributed by atoms with Crippen molar-refractivity contribution in [1.29, 1.82) is 0 Å². The van der Waals surface area contributed by atoms with E-state index in [4.69, 9.17) is 4.74 Å². The van der Waals surface area contributed by atoms with Gasteiger partial charge in [0.15, 0.2) is 0 Å². The Kier molecular flexibility index (Phi) is 6.51. The van der Waals surface area contributed by atoms with Crippen LogP contribution >= 0.6 is 0 Å². The van der Waals surface area contributed by atoms with E-state index in [2.05, 4.69) is 49.1 Å². The third kappa shape index (κ3) is 4.53. The number of nitrogens with zero attached hydrogens (tertiary/aromatic N) is 1. The van der Waals surface area contributed by atoms with Crippen molar-refractivity contribution in [2.75, 3.05) is 26.3 Å². The average molecular weight is 247 g/mol. The molecule has 18 heavy (non-hydrogen) atoms. The smallest absolute Gasteiger partial charge is 0.0642 e. The van der Waals surface area contributed by atoms with Crippen LogP contribution in [0.4, 0.5) is 0 Å². The second kappa shape index (κ2) is 7.93. The summed E-state index contributed by atoms with van der Waals surface area (Å²) in [6.45, 7) is 12.0. The van der Waals surface area contributed by atoms with E-state index in [1.54, 1.807) is 0 Å². The Morgan fingerprint density at radius 1 is 1.11 bits per heavy atom. The van der Waals surface area contributed by atoms with Gasteiger partial charge in [0.2, 0.25) is 0 Å². The molecule has 0 saturated carbocycles.